The Morgan fingerprint density at radius 1 is 1.62 bits per heavy atom. The molecule has 0 bridgehead atoms. The normalized spacial score (nSPS) is 10.8. The highest BCUT2D eigenvalue weighted by Gasteiger charge is 1.96. The Bertz CT molecular complexity index is 351. The monoisotopic (exact) mass is 170 g/mol. The minimum atomic E-state index is -0.166. The van der Waals surface area contributed by atoms with Gasteiger partial charge in [0.25, 0.3) is 0 Å². The Balaban J connectivity index is 2.74. The van der Waals surface area contributed by atoms with Crippen molar-refractivity contribution >= 4 is 0 Å². The molecular weight excluding hydrogens is 160 g/mol. The first kappa shape index (κ1) is 9.29. The van der Waals surface area contributed by atoms with Gasteiger partial charge in [-0.2, -0.15) is 5.26 Å². The SMILES string of the molecule is CC[C@H](C#N)C#Cc1cccnc1. The summed E-state index contributed by atoms with van der Waals surface area (Å²) in [6.45, 7) is 1.95. The number of nitriles is 1. The maximum atomic E-state index is 8.64. The summed E-state index contributed by atoms with van der Waals surface area (Å²) in [6.07, 6.45) is 4.16. The molecule has 0 N–H and O–H groups in total. The molecule has 2 heteroatoms. The lowest BCUT2D eigenvalue weighted by Gasteiger charge is -1.91. The molecule has 0 saturated heterocycles. The van der Waals surface area contributed by atoms with E-state index in [-0.39, 0.29) is 5.92 Å². The number of nitrogens with zero attached hydrogens (tertiary/aromatic N) is 2. The summed E-state index contributed by atoms with van der Waals surface area (Å²) in [7, 11) is 0. The second-order valence-electron chi connectivity index (χ2n) is 2.60. The van der Waals surface area contributed by atoms with E-state index in [0.29, 0.717) is 0 Å². The van der Waals surface area contributed by atoms with Gasteiger partial charge in [0.2, 0.25) is 0 Å². The zero-order valence-electron chi connectivity index (χ0n) is 7.49. The van der Waals surface area contributed by atoms with Gasteiger partial charge in [0, 0.05) is 18.0 Å². The zero-order valence-corrected chi connectivity index (χ0v) is 7.49. The van der Waals surface area contributed by atoms with E-state index in [1.54, 1.807) is 12.4 Å². The van der Waals surface area contributed by atoms with E-state index >= 15 is 0 Å². The molecule has 1 aromatic heterocycles. The van der Waals surface area contributed by atoms with Crippen molar-refractivity contribution in [2.24, 2.45) is 5.92 Å². The number of hydrogen-bond acceptors (Lipinski definition) is 2. The third kappa shape index (κ3) is 2.97. The van der Waals surface area contributed by atoms with Crippen molar-refractivity contribution in [3.8, 4) is 17.9 Å². The van der Waals surface area contributed by atoms with Crippen LogP contribution in [0.15, 0.2) is 24.5 Å². The molecule has 0 fully saturated rings. The Morgan fingerprint density at radius 3 is 3.00 bits per heavy atom. The van der Waals surface area contributed by atoms with Gasteiger partial charge in [0.15, 0.2) is 0 Å². The quantitative estimate of drug-likeness (QED) is 0.604. The molecule has 64 valence electrons. The number of rotatable bonds is 1. The molecule has 13 heavy (non-hydrogen) atoms. The molecule has 0 radical (unpaired) electrons. The van der Waals surface area contributed by atoms with Gasteiger partial charge >= 0.3 is 0 Å². The maximum absolute atomic E-state index is 8.64. The van der Waals surface area contributed by atoms with Crippen molar-refractivity contribution in [3.63, 3.8) is 0 Å². The van der Waals surface area contributed by atoms with E-state index in [0.717, 1.165) is 12.0 Å². The van der Waals surface area contributed by atoms with Crippen LogP contribution in [-0.2, 0) is 0 Å². The van der Waals surface area contributed by atoms with Gasteiger partial charge < -0.3 is 0 Å². The van der Waals surface area contributed by atoms with Crippen LogP contribution in [0.3, 0.4) is 0 Å². The second kappa shape index (κ2) is 4.95. The molecule has 1 aromatic rings. The van der Waals surface area contributed by atoms with Crippen molar-refractivity contribution < 1.29 is 0 Å². The van der Waals surface area contributed by atoms with E-state index in [4.69, 9.17) is 5.26 Å². The average molecular weight is 170 g/mol. The Kier molecular flexibility index (Phi) is 3.54. The summed E-state index contributed by atoms with van der Waals surface area (Å²) in [5.41, 5.74) is 0.858. The predicted octanol–water partition coefficient (Wildman–Crippen LogP) is 1.98. The molecule has 0 aliphatic rings. The summed E-state index contributed by atoms with van der Waals surface area (Å²) < 4.78 is 0. The lowest BCUT2D eigenvalue weighted by molar-refractivity contribution is 0.814. The molecule has 0 saturated carbocycles. The maximum Gasteiger partial charge on any atom is 0.107 e. The zero-order chi connectivity index (χ0) is 9.52. The molecule has 0 aromatic carbocycles. The predicted molar refractivity (Wildman–Crippen MR) is 50.5 cm³/mol. The topological polar surface area (TPSA) is 36.7 Å². The second-order valence-corrected chi connectivity index (χ2v) is 2.60. The highest BCUT2D eigenvalue weighted by molar-refractivity contribution is 5.32. The summed E-state index contributed by atoms with van der Waals surface area (Å²) in [4.78, 5) is 3.93. The van der Waals surface area contributed by atoms with Crippen LogP contribution < -0.4 is 0 Å². The fourth-order valence-electron chi connectivity index (χ4n) is 0.833. The van der Waals surface area contributed by atoms with E-state index in [2.05, 4.69) is 22.9 Å². The molecule has 0 spiro atoms. The number of pyridine rings is 1. The van der Waals surface area contributed by atoms with E-state index in [1.165, 1.54) is 0 Å². The van der Waals surface area contributed by atoms with Crippen molar-refractivity contribution in [1.82, 2.24) is 4.98 Å². The summed E-state index contributed by atoms with van der Waals surface area (Å²) in [5, 5.41) is 8.64. The lowest BCUT2D eigenvalue weighted by Crippen LogP contribution is -1.88. The number of aromatic nitrogens is 1. The van der Waals surface area contributed by atoms with Crippen LogP contribution in [0.2, 0.25) is 0 Å². The van der Waals surface area contributed by atoms with Gasteiger partial charge in [0.05, 0.1) is 6.07 Å². The molecule has 0 amide bonds. The Hall–Kier alpha value is -1.80. The van der Waals surface area contributed by atoms with E-state index < -0.39 is 0 Å². The van der Waals surface area contributed by atoms with E-state index in [1.807, 2.05) is 19.1 Å². The fraction of sp³-hybridized carbons (Fsp3) is 0.273. The Morgan fingerprint density at radius 2 is 2.46 bits per heavy atom. The minimum Gasteiger partial charge on any atom is -0.263 e. The van der Waals surface area contributed by atoms with Crippen LogP contribution in [0, 0.1) is 29.1 Å². The third-order valence-electron chi connectivity index (χ3n) is 1.62. The van der Waals surface area contributed by atoms with Crippen molar-refractivity contribution in [1.29, 1.82) is 5.26 Å². The summed E-state index contributed by atoms with van der Waals surface area (Å²) in [5.74, 6) is 5.63. The summed E-state index contributed by atoms with van der Waals surface area (Å²) >= 11 is 0. The first-order chi connectivity index (χ1) is 6.36. The van der Waals surface area contributed by atoms with Gasteiger partial charge in [-0.3, -0.25) is 4.98 Å². The largest absolute Gasteiger partial charge is 0.263 e. The third-order valence-corrected chi connectivity index (χ3v) is 1.62. The van der Waals surface area contributed by atoms with Crippen LogP contribution in [0.5, 0.6) is 0 Å². The summed E-state index contributed by atoms with van der Waals surface area (Å²) in [6, 6.07) is 5.84. The number of hydrogen-bond donors (Lipinski definition) is 0. The van der Waals surface area contributed by atoms with Gasteiger partial charge in [-0.25, -0.2) is 0 Å². The molecule has 2 nitrogen and oxygen atoms in total. The van der Waals surface area contributed by atoms with Gasteiger partial charge in [-0.15, -0.1) is 0 Å². The van der Waals surface area contributed by atoms with E-state index in [9.17, 15) is 0 Å². The molecular formula is C11H10N2. The first-order valence-electron chi connectivity index (χ1n) is 4.18. The fourth-order valence-corrected chi connectivity index (χ4v) is 0.833. The molecule has 1 atom stereocenters. The van der Waals surface area contributed by atoms with Crippen LogP contribution in [0.1, 0.15) is 18.9 Å². The smallest absolute Gasteiger partial charge is 0.107 e. The van der Waals surface area contributed by atoms with Gasteiger partial charge in [-0.05, 0) is 18.6 Å². The highest BCUT2D eigenvalue weighted by Crippen LogP contribution is 1.99. The van der Waals surface area contributed by atoms with Crippen molar-refractivity contribution in [2.75, 3.05) is 0 Å². The van der Waals surface area contributed by atoms with Gasteiger partial charge in [-0.1, -0.05) is 18.8 Å². The van der Waals surface area contributed by atoms with Crippen LogP contribution in [-0.4, -0.2) is 4.98 Å². The Labute approximate surface area is 78.2 Å². The minimum absolute atomic E-state index is 0.166. The average Bonchev–Trinajstić information content (AvgIpc) is 2.21. The van der Waals surface area contributed by atoms with Crippen LogP contribution in [0.4, 0.5) is 0 Å². The molecule has 0 aliphatic carbocycles. The van der Waals surface area contributed by atoms with Gasteiger partial charge in [0.1, 0.15) is 5.92 Å². The molecule has 0 unspecified atom stereocenters. The van der Waals surface area contributed by atoms with Crippen molar-refractivity contribution in [3.05, 3.63) is 30.1 Å². The van der Waals surface area contributed by atoms with Crippen LogP contribution in [0.25, 0.3) is 0 Å². The molecule has 1 heterocycles. The lowest BCUT2D eigenvalue weighted by atomic mass is 10.1. The molecule has 0 aliphatic heterocycles. The van der Waals surface area contributed by atoms with Crippen LogP contribution >= 0.6 is 0 Å². The highest BCUT2D eigenvalue weighted by atomic mass is 14.6. The molecule has 1 rings (SSSR count). The first-order valence-corrected chi connectivity index (χ1v) is 4.18. The van der Waals surface area contributed by atoms with Crippen molar-refractivity contribution in [2.45, 2.75) is 13.3 Å². The standard InChI is InChI=1S/C11H10N2/c1-2-10(8-12)5-6-11-4-3-7-13-9-11/h3-4,7,9-10H,2H2,1H3/t10-/m0/s1.